The highest BCUT2D eigenvalue weighted by molar-refractivity contribution is 5.46. The number of hydrogen-bond donors (Lipinski definition) is 0. The summed E-state index contributed by atoms with van der Waals surface area (Å²) in [7, 11) is 1.53. The van der Waals surface area contributed by atoms with Gasteiger partial charge < -0.3 is 14.0 Å². The second-order valence-electron chi connectivity index (χ2n) is 4.97. The lowest BCUT2D eigenvalue weighted by Crippen LogP contribution is -2.00. The van der Waals surface area contributed by atoms with Crippen LogP contribution in [0.25, 0.3) is 0 Å². The van der Waals surface area contributed by atoms with Gasteiger partial charge in [0.25, 0.3) is 0 Å². The molecule has 0 aliphatic heterocycles. The van der Waals surface area contributed by atoms with E-state index in [4.69, 9.17) is 19.3 Å². The number of methoxy groups -OCH3 is 1. The van der Waals surface area contributed by atoms with E-state index in [0.29, 0.717) is 34.7 Å². The van der Waals surface area contributed by atoms with E-state index in [0.717, 1.165) is 6.42 Å². The molecule has 0 radical (unpaired) electrons. The van der Waals surface area contributed by atoms with Gasteiger partial charge in [0.2, 0.25) is 11.7 Å². The van der Waals surface area contributed by atoms with Crippen LogP contribution in [0, 0.1) is 17.2 Å². The molecule has 110 valence electrons. The topological polar surface area (TPSA) is 81.2 Å². The van der Waals surface area contributed by atoms with Crippen LogP contribution in [0.1, 0.15) is 31.1 Å². The molecule has 1 aromatic heterocycles. The first-order valence-electron chi connectivity index (χ1n) is 6.64. The minimum Gasteiger partial charge on any atom is -0.493 e. The van der Waals surface area contributed by atoms with Gasteiger partial charge >= 0.3 is 0 Å². The molecule has 0 spiro atoms. The molecule has 0 unspecified atom stereocenters. The van der Waals surface area contributed by atoms with E-state index in [9.17, 15) is 0 Å². The first kappa shape index (κ1) is 14.9. The molecule has 1 heterocycles. The summed E-state index contributed by atoms with van der Waals surface area (Å²) in [5.41, 5.74) is 0.512. The fraction of sp³-hybridized carbons (Fsp3) is 0.400. The number of benzene rings is 1. The van der Waals surface area contributed by atoms with Crippen LogP contribution in [-0.2, 0) is 13.0 Å². The number of hydrogen-bond acceptors (Lipinski definition) is 6. The van der Waals surface area contributed by atoms with E-state index in [1.54, 1.807) is 18.2 Å². The van der Waals surface area contributed by atoms with Crippen LogP contribution in [-0.4, -0.2) is 17.3 Å². The third-order valence-electron chi connectivity index (χ3n) is 2.74. The molecule has 0 amide bonds. The fourth-order valence-corrected chi connectivity index (χ4v) is 1.78. The molecule has 1 aromatic carbocycles. The molecule has 2 rings (SSSR count). The third kappa shape index (κ3) is 3.96. The maximum atomic E-state index is 8.85. The molecule has 21 heavy (non-hydrogen) atoms. The van der Waals surface area contributed by atoms with Gasteiger partial charge in [-0.3, -0.25) is 0 Å². The van der Waals surface area contributed by atoms with Crippen molar-refractivity contribution in [3.8, 4) is 17.6 Å². The van der Waals surface area contributed by atoms with Crippen molar-refractivity contribution in [2.75, 3.05) is 7.11 Å². The fourth-order valence-electron chi connectivity index (χ4n) is 1.78. The summed E-state index contributed by atoms with van der Waals surface area (Å²) in [6.07, 6.45) is 0.743. The van der Waals surface area contributed by atoms with Crippen LogP contribution in [0.3, 0.4) is 0 Å². The van der Waals surface area contributed by atoms with E-state index in [1.165, 1.54) is 7.11 Å². The Kier molecular flexibility index (Phi) is 4.77. The summed E-state index contributed by atoms with van der Waals surface area (Å²) >= 11 is 0. The predicted molar refractivity (Wildman–Crippen MR) is 74.9 cm³/mol. The van der Waals surface area contributed by atoms with Gasteiger partial charge in [-0.05, 0) is 18.1 Å². The largest absolute Gasteiger partial charge is 0.493 e. The van der Waals surface area contributed by atoms with Gasteiger partial charge in [0, 0.05) is 12.5 Å². The van der Waals surface area contributed by atoms with Crippen molar-refractivity contribution in [1.82, 2.24) is 10.1 Å². The highest BCUT2D eigenvalue weighted by Crippen LogP contribution is 2.28. The van der Waals surface area contributed by atoms with Crippen LogP contribution < -0.4 is 9.47 Å². The Morgan fingerprint density at radius 1 is 1.33 bits per heavy atom. The molecule has 6 heteroatoms. The molecule has 0 fully saturated rings. The lowest BCUT2D eigenvalue weighted by atomic mass is 10.1. The van der Waals surface area contributed by atoms with E-state index in [2.05, 4.69) is 24.0 Å². The van der Waals surface area contributed by atoms with Gasteiger partial charge in [-0.2, -0.15) is 10.2 Å². The lowest BCUT2D eigenvalue weighted by molar-refractivity contribution is 0.268. The SMILES string of the molecule is COc1cc(C#N)ccc1OCc1noc(CC(C)C)n1. The summed E-state index contributed by atoms with van der Waals surface area (Å²) < 4.78 is 15.9. The van der Waals surface area contributed by atoms with Crippen molar-refractivity contribution in [3.05, 3.63) is 35.5 Å². The van der Waals surface area contributed by atoms with Crippen molar-refractivity contribution in [3.63, 3.8) is 0 Å². The second kappa shape index (κ2) is 6.75. The Balaban J connectivity index is 2.03. The van der Waals surface area contributed by atoms with Crippen LogP contribution in [0.2, 0.25) is 0 Å². The molecule has 0 N–H and O–H groups in total. The van der Waals surface area contributed by atoms with Crippen molar-refractivity contribution < 1.29 is 14.0 Å². The number of ether oxygens (including phenoxy) is 2. The van der Waals surface area contributed by atoms with E-state index in [1.807, 2.05) is 6.07 Å². The summed E-state index contributed by atoms with van der Waals surface area (Å²) in [4.78, 5) is 4.26. The summed E-state index contributed by atoms with van der Waals surface area (Å²) in [6, 6.07) is 7.02. The first-order valence-corrected chi connectivity index (χ1v) is 6.64. The summed E-state index contributed by atoms with van der Waals surface area (Å²) in [6.45, 7) is 4.35. The van der Waals surface area contributed by atoms with Crippen LogP contribution in [0.5, 0.6) is 11.5 Å². The number of nitriles is 1. The normalized spacial score (nSPS) is 10.4. The zero-order valence-electron chi connectivity index (χ0n) is 12.3. The smallest absolute Gasteiger partial charge is 0.227 e. The molecule has 2 aromatic rings. The molecule has 0 saturated heterocycles. The molecule has 0 atom stereocenters. The summed E-state index contributed by atoms with van der Waals surface area (Å²) in [5, 5.41) is 12.7. The molecular weight excluding hydrogens is 270 g/mol. The lowest BCUT2D eigenvalue weighted by Gasteiger charge is -2.08. The average molecular weight is 287 g/mol. The van der Waals surface area contributed by atoms with E-state index in [-0.39, 0.29) is 6.61 Å². The monoisotopic (exact) mass is 287 g/mol. The molecule has 0 aliphatic carbocycles. The second-order valence-corrected chi connectivity index (χ2v) is 4.97. The van der Waals surface area contributed by atoms with Crippen LogP contribution in [0.4, 0.5) is 0 Å². The molecule has 0 aliphatic rings. The molecule has 0 bridgehead atoms. The van der Waals surface area contributed by atoms with Crippen molar-refractivity contribution in [2.24, 2.45) is 5.92 Å². The van der Waals surface area contributed by atoms with Gasteiger partial charge in [0.1, 0.15) is 0 Å². The van der Waals surface area contributed by atoms with Gasteiger partial charge in [0.15, 0.2) is 18.1 Å². The Bertz CT molecular complexity index is 644. The van der Waals surface area contributed by atoms with Gasteiger partial charge in [-0.25, -0.2) is 0 Å². The molecule has 6 nitrogen and oxygen atoms in total. The van der Waals surface area contributed by atoms with E-state index < -0.39 is 0 Å². The van der Waals surface area contributed by atoms with Gasteiger partial charge in [0.05, 0.1) is 18.7 Å². The highest BCUT2D eigenvalue weighted by Gasteiger charge is 2.11. The van der Waals surface area contributed by atoms with Crippen LogP contribution in [0.15, 0.2) is 22.7 Å². The van der Waals surface area contributed by atoms with Crippen molar-refractivity contribution >= 4 is 0 Å². The Hall–Kier alpha value is -2.55. The standard InChI is InChI=1S/C15H17N3O3/c1-10(2)6-15-17-14(18-21-15)9-20-12-5-4-11(8-16)7-13(12)19-3/h4-5,7,10H,6,9H2,1-3H3. The Morgan fingerprint density at radius 3 is 2.81 bits per heavy atom. The Labute approximate surface area is 123 Å². The number of rotatable bonds is 6. The zero-order chi connectivity index (χ0) is 15.2. The maximum absolute atomic E-state index is 8.85. The number of aromatic nitrogens is 2. The van der Waals surface area contributed by atoms with Crippen molar-refractivity contribution in [2.45, 2.75) is 26.9 Å². The van der Waals surface area contributed by atoms with Gasteiger partial charge in [-0.15, -0.1) is 0 Å². The maximum Gasteiger partial charge on any atom is 0.227 e. The summed E-state index contributed by atoms with van der Waals surface area (Å²) in [5.74, 6) is 2.58. The average Bonchev–Trinajstić information content (AvgIpc) is 2.91. The van der Waals surface area contributed by atoms with Crippen LogP contribution >= 0.6 is 0 Å². The minimum absolute atomic E-state index is 0.184. The first-order chi connectivity index (χ1) is 10.1. The third-order valence-corrected chi connectivity index (χ3v) is 2.74. The predicted octanol–water partition coefficient (Wildman–Crippen LogP) is 2.73. The molecular formula is C15H17N3O3. The van der Waals surface area contributed by atoms with Crippen molar-refractivity contribution in [1.29, 1.82) is 5.26 Å². The zero-order valence-corrected chi connectivity index (χ0v) is 12.3. The Morgan fingerprint density at radius 2 is 2.14 bits per heavy atom. The quantitative estimate of drug-likeness (QED) is 0.812. The van der Waals surface area contributed by atoms with E-state index >= 15 is 0 Å². The van der Waals surface area contributed by atoms with Gasteiger partial charge in [-0.1, -0.05) is 19.0 Å². The molecule has 0 saturated carbocycles. The highest BCUT2D eigenvalue weighted by atomic mass is 16.5. The number of nitrogens with zero attached hydrogens (tertiary/aromatic N) is 3. The minimum atomic E-state index is 0.184.